The van der Waals surface area contributed by atoms with E-state index in [1.165, 1.54) is 12.8 Å². The Morgan fingerprint density at radius 1 is 1.42 bits per heavy atom. The number of amides is 1. The minimum Gasteiger partial charge on any atom is -0.444 e. The molecule has 5 heteroatoms. The van der Waals surface area contributed by atoms with Gasteiger partial charge in [-0.15, -0.1) is 0 Å². The standard InChI is InChI=1S/C14H23N3O2/c1-10-11(2)19-14(17-10)9-16-13(18)4-3-12-5-7-15-8-6-12/h12,15H,3-9H2,1-2H3,(H,16,18). The Balaban J connectivity index is 1.66. The lowest BCUT2D eigenvalue weighted by atomic mass is 9.93. The maximum absolute atomic E-state index is 11.8. The highest BCUT2D eigenvalue weighted by Crippen LogP contribution is 2.17. The second kappa shape index (κ2) is 6.70. The van der Waals surface area contributed by atoms with Gasteiger partial charge in [0.1, 0.15) is 5.76 Å². The summed E-state index contributed by atoms with van der Waals surface area (Å²) in [5.74, 6) is 2.19. The van der Waals surface area contributed by atoms with Crippen LogP contribution in [0.25, 0.3) is 0 Å². The monoisotopic (exact) mass is 265 g/mol. The van der Waals surface area contributed by atoms with Crippen molar-refractivity contribution in [2.24, 2.45) is 5.92 Å². The molecule has 1 aromatic rings. The number of hydrogen-bond acceptors (Lipinski definition) is 4. The molecular weight excluding hydrogens is 242 g/mol. The van der Waals surface area contributed by atoms with Crippen LogP contribution in [0.2, 0.25) is 0 Å². The van der Waals surface area contributed by atoms with Gasteiger partial charge in [0.05, 0.1) is 12.2 Å². The molecule has 1 aliphatic heterocycles. The Hall–Kier alpha value is -1.36. The summed E-state index contributed by atoms with van der Waals surface area (Å²) in [5, 5.41) is 6.20. The van der Waals surface area contributed by atoms with Crippen LogP contribution in [0.4, 0.5) is 0 Å². The third-order valence-corrected chi connectivity index (χ3v) is 3.75. The SMILES string of the molecule is Cc1nc(CNC(=O)CCC2CCNCC2)oc1C. The van der Waals surface area contributed by atoms with Gasteiger partial charge >= 0.3 is 0 Å². The number of nitrogens with zero attached hydrogens (tertiary/aromatic N) is 1. The fourth-order valence-electron chi connectivity index (χ4n) is 2.38. The van der Waals surface area contributed by atoms with Crippen molar-refractivity contribution in [2.45, 2.75) is 46.1 Å². The quantitative estimate of drug-likeness (QED) is 0.850. The van der Waals surface area contributed by atoms with E-state index in [2.05, 4.69) is 15.6 Å². The van der Waals surface area contributed by atoms with Crippen molar-refractivity contribution in [3.8, 4) is 0 Å². The molecule has 0 radical (unpaired) electrons. The number of nitrogens with one attached hydrogen (secondary N) is 2. The molecular formula is C14H23N3O2. The maximum Gasteiger partial charge on any atom is 0.220 e. The van der Waals surface area contributed by atoms with Crippen molar-refractivity contribution in [3.63, 3.8) is 0 Å². The number of carbonyl (C=O) groups is 1. The van der Waals surface area contributed by atoms with Crippen LogP contribution in [0.3, 0.4) is 0 Å². The van der Waals surface area contributed by atoms with E-state index in [-0.39, 0.29) is 5.91 Å². The van der Waals surface area contributed by atoms with Crippen LogP contribution < -0.4 is 10.6 Å². The first kappa shape index (κ1) is 14.1. The first-order valence-corrected chi connectivity index (χ1v) is 7.05. The van der Waals surface area contributed by atoms with Gasteiger partial charge < -0.3 is 15.1 Å². The van der Waals surface area contributed by atoms with Crippen molar-refractivity contribution in [1.29, 1.82) is 0 Å². The number of carbonyl (C=O) groups excluding carboxylic acids is 1. The molecule has 0 spiro atoms. The number of aromatic nitrogens is 1. The summed E-state index contributed by atoms with van der Waals surface area (Å²) in [5.41, 5.74) is 0.888. The first-order chi connectivity index (χ1) is 9.15. The van der Waals surface area contributed by atoms with Gasteiger partial charge in [-0.3, -0.25) is 4.79 Å². The molecule has 1 amide bonds. The van der Waals surface area contributed by atoms with Crippen molar-refractivity contribution in [1.82, 2.24) is 15.6 Å². The van der Waals surface area contributed by atoms with Crippen LogP contribution in [0.1, 0.15) is 43.0 Å². The Labute approximate surface area is 114 Å². The molecule has 1 aromatic heterocycles. The predicted molar refractivity (Wildman–Crippen MR) is 72.7 cm³/mol. The minimum absolute atomic E-state index is 0.0899. The van der Waals surface area contributed by atoms with E-state index in [9.17, 15) is 4.79 Å². The Bertz CT molecular complexity index is 403. The Kier molecular flexibility index (Phi) is 4.96. The molecule has 0 unspecified atom stereocenters. The molecule has 2 rings (SSSR count). The summed E-state index contributed by atoms with van der Waals surface area (Å²) < 4.78 is 5.43. The first-order valence-electron chi connectivity index (χ1n) is 7.05. The van der Waals surface area contributed by atoms with E-state index < -0.39 is 0 Å². The average molecular weight is 265 g/mol. The number of hydrogen-bond donors (Lipinski definition) is 2. The van der Waals surface area contributed by atoms with Gasteiger partial charge in [-0.1, -0.05) is 0 Å². The second-order valence-corrected chi connectivity index (χ2v) is 5.26. The van der Waals surface area contributed by atoms with Crippen LogP contribution in [0.15, 0.2) is 4.42 Å². The smallest absolute Gasteiger partial charge is 0.220 e. The van der Waals surface area contributed by atoms with Crippen LogP contribution in [-0.2, 0) is 11.3 Å². The highest BCUT2D eigenvalue weighted by Gasteiger charge is 2.14. The number of rotatable bonds is 5. The largest absolute Gasteiger partial charge is 0.444 e. The van der Waals surface area contributed by atoms with Crippen LogP contribution >= 0.6 is 0 Å². The van der Waals surface area contributed by atoms with Gasteiger partial charge in [0.2, 0.25) is 11.8 Å². The molecule has 0 saturated carbocycles. The topological polar surface area (TPSA) is 67.2 Å². The molecule has 19 heavy (non-hydrogen) atoms. The number of piperidine rings is 1. The summed E-state index contributed by atoms with van der Waals surface area (Å²) in [6.45, 7) is 6.34. The highest BCUT2D eigenvalue weighted by molar-refractivity contribution is 5.75. The summed E-state index contributed by atoms with van der Waals surface area (Å²) in [6, 6.07) is 0. The predicted octanol–water partition coefficient (Wildman–Crippen LogP) is 1.69. The zero-order chi connectivity index (χ0) is 13.7. The number of oxazole rings is 1. The molecule has 2 heterocycles. The normalized spacial score (nSPS) is 16.5. The molecule has 0 aromatic carbocycles. The molecule has 0 bridgehead atoms. The second-order valence-electron chi connectivity index (χ2n) is 5.26. The van der Waals surface area contributed by atoms with E-state index in [0.717, 1.165) is 31.0 Å². The zero-order valence-corrected chi connectivity index (χ0v) is 11.8. The molecule has 0 aliphatic carbocycles. The molecule has 1 saturated heterocycles. The zero-order valence-electron chi connectivity index (χ0n) is 11.8. The summed E-state index contributed by atoms with van der Waals surface area (Å²) in [7, 11) is 0. The fourth-order valence-corrected chi connectivity index (χ4v) is 2.38. The van der Waals surface area contributed by atoms with Gasteiger partial charge in [-0.2, -0.15) is 0 Å². The van der Waals surface area contributed by atoms with Crippen LogP contribution in [0.5, 0.6) is 0 Å². The molecule has 106 valence electrons. The number of aryl methyl sites for hydroxylation is 2. The van der Waals surface area contributed by atoms with E-state index in [1.807, 2.05) is 13.8 Å². The highest BCUT2D eigenvalue weighted by atomic mass is 16.4. The minimum atomic E-state index is 0.0899. The van der Waals surface area contributed by atoms with E-state index >= 15 is 0 Å². The summed E-state index contributed by atoms with van der Waals surface area (Å²) in [4.78, 5) is 16.0. The third kappa shape index (κ3) is 4.35. The lowest BCUT2D eigenvalue weighted by molar-refractivity contribution is -0.121. The molecule has 1 fully saturated rings. The molecule has 0 atom stereocenters. The van der Waals surface area contributed by atoms with E-state index in [4.69, 9.17) is 4.42 Å². The van der Waals surface area contributed by atoms with Crippen molar-refractivity contribution < 1.29 is 9.21 Å². The summed E-state index contributed by atoms with van der Waals surface area (Å²) in [6.07, 6.45) is 3.96. The summed E-state index contributed by atoms with van der Waals surface area (Å²) >= 11 is 0. The van der Waals surface area contributed by atoms with Gasteiger partial charge in [0.15, 0.2) is 0 Å². The van der Waals surface area contributed by atoms with Crippen molar-refractivity contribution >= 4 is 5.91 Å². The average Bonchev–Trinajstić information content (AvgIpc) is 2.74. The van der Waals surface area contributed by atoms with Crippen molar-refractivity contribution in [2.75, 3.05) is 13.1 Å². The van der Waals surface area contributed by atoms with E-state index in [1.54, 1.807) is 0 Å². The van der Waals surface area contributed by atoms with Crippen molar-refractivity contribution in [3.05, 3.63) is 17.3 Å². The van der Waals surface area contributed by atoms with Gasteiger partial charge in [0, 0.05) is 6.42 Å². The van der Waals surface area contributed by atoms with Gasteiger partial charge in [-0.25, -0.2) is 4.98 Å². The van der Waals surface area contributed by atoms with Crippen LogP contribution in [0, 0.1) is 19.8 Å². The van der Waals surface area contributed by atoms with Gasteiger partial charge in [-0.05, 0) is 52.1 Å². The molecule has 2 N–H and O–H groups in total. The lowest BCUT2D eigenvalue weighted by Crippen LogP contribution is -2.29. The Morgan fingerprint density at radius 3 is 2.79 bits per heavy atom. The fraction of sp³-hybridized carbons (Fsp3) is 0.714. The third-order valence-electron chi connectivity index (χ3n) is 3.75. The lowest BCUT2D eigenvalue weighted by Gasteiger charge is -2.22. The maximum atomic E-state index is 11.8. The Morgan fingerprint density at radius 2 is 2.16 bits per heavy atom. The van der Waals surface area contributed by atoms with E-state index in [0.29, 0.717) is 24.8 Å². The molecule has 5 nitrogen and oxygen atoms in total. The van der Waals surface area contributed by atoms with Gasteiger partial charge in [0.25, 0.3) is 0 Å². The van der Waals surface area contributed by atoms with Crippen LogP contribution in [-0.4, -0.2) is 24.0 Å². The molecule has 1 aliphatic rings.